The van der Waals surface area contributed by atoms with E-state index in [9.17, 15) is 19.2 Å². The highest BCUT2D eigenvalue weighted by Gasteiger charge is 2.41. The standard InChI is InChI=1S/C8H8INO5/c1-4(11)2-5-3-6(12)10(7(5)13)15-8(9)14/h5H,2-3H2,1H3. The average Bonchev–Trinajstić information content (AvgIpc) is 2.31. The Kier molecular flexibility index (Phi) is 3.77. The van der Waals surface area contributed by atoms with E-state index in [1.807, 2.05) is 0 Å². The zero-order valence-corrected chi connectivity index (χ0v) is 10.0. The van der Waals surface area contributed by atoms with Crippen LogP contribution in [0.5, 0.6) is 0 Å². The highest BCUT2D eigenvalue weighted by atomic mass is 127. The summed E-state index contributed by atoms with van der Waals surface area (Å²) in [6.07, 6.45) is -0.0811. The Labute approximate surface area is 99.0 Å². The van der Waals surface area contributed by atoms with Gasteiger partial charge in [0.25, 0.3) is 11.8 Å². The van der Waals surface area contributed by atoms with E-state index in [0.29, 0.717) is 5.06 Å². The van der Waals surface area contributed by atoms with Gasteiger partial charge >= 0.3 is 3.98 Å². The van der Waals surface area contributed by atoms with Gasteiger partial charge in [-0.1, -0.05) is 0 Å². The van der Waals surface area contributed by atoms with Crippen molar-refractivity contribution in [3.05, 3.63) is 0 Å². The zero-order chi connectivity index (χ0) is 11.6. The quantitative estimate of drug-likeness (QED) is 0.436. The van der Waals surface area contributed by atoms with Crippen molar-refractivity contribution >= 4 is 44.2 Å². The summed E-state index contributed by atoms with van der Waals surface area (Å²) in [7, 11) is 0. The third-order valence-corrected chi connectivity index (χ3v) is 2.09. The van der Waals surface area contributed by atoms with Gasteiger partial charge in [0.15, 0.2) is 0 Å². The summed E-state index contributed by atoms with van der Waals surface area (Å²) in [5.74, 6) is -2.08. The number of hydroxylamine groups is 2. The second-order valence-electron chi connectivity index (χ2n) is 3.16. The van der Waals surface area contributed by atoms with Crippen molar-refractivity contribution in [3.63, 3.8) is 0 Å². The van der Waals surface area contributed by atoms with Crippen LogP contribution in [0.3, 0.4) is 0 Å². The number of carbonyl (C=O) groups excluding carboxylic acids is 4. The van der Waals surface area contributed by atoms with Crippen molar-refractivity contribution in [2.24, 2.45) is 5.92 Å². The van der Waals surface area contributed by atoms with Crippen molar-refractivity contribution in [1.82, 2.24) is 5.06 Å². The Morgan fingerprint density at radius 3 is 2.60 bits per heavy atom. The van der Waals surface area contributed by atoms with Crippen LogP contribution in [0.15, 0.2) is 0 Å². The molecule has 1 fully saturated rings. The van der Waals surface area contributed by atoms with Gasteiger partial charge in [-0.05, 0) is 6.92 Å². The van der Waals surface area contributed by atoms with Gasteiger partial charge in [0, 0.05) is 12.8 Å². The van der Waals surface area contributed by atoms with Gasteiger partial charge in [-0.3, -0.25) is 9.59 Å². The molecule has 0 radical (unpaired) electrons. The van der Waals surface area contributed by atoms with E-state index in [1.165, 1.54) is 29.5 Å². The summed E-state index contributed by atoms with van der Waals surface area (Å²) in [4.78, 5) is 48.5. The van der Waals surface area contributed by atoms with E-state index in [1.54, 1.807) is 0 Å². The minimum Gasteiger partial charge on any atom is -0.320 e. The van der Waals surface area contributed by atoms with E-state index >= 15 is 0 Å². The summed E-state index contributed by atoms with van der Waals surface area (Å²) in [5, 5.41) is 0.433. The molecule has 1 atom stereocenters. The lowest BCUT2D eigenvalue weighted by molar-refractivity contribution is -0.170. The number of imide groups is 1. The van der Waals surface area contributed by atoms with Gasteiger partial charge in [0.05, 0.1) is 28.5 Å². The first-order valence-electron chi connectivity index (χ1n) is 4.15. The maximum Gasteiger partial charge on any atom is 0.391 e. The topological polar surface area (TPSA) is 80.8 Å². The monoisotopic (exact) mass is 325 g/mol. The van der Waals surface area contributed by atoms with E-state index in [4.69, 9.17) is 0 Å². The molecule has 15 heavy (non-hydrogen) atoms. The molecular formula is C8H8INO5. The highest BCUT2D eigenvalue weighted by molar-refractivity contribution is 14.1. The number of carbonyl (C=O) groups is 4. The molecule has 1 heterocycles. The van der Waals surface area contributed by atoms with E-state index < -0.39 is 21.7 Å². The summed E-state index contributed by atoms with van der Waals surface area (Å²) >= 11 is 1.31. The first-order chi connectivity index (χ1) is 6.91. The summed E-state index contributed by atoms with van der Waals surface area (Å²) in [6, 6.07) is 0. The molecule has 2 amide bonds. The molecule has 0 aromatic carbocycles. The van der Waals surface area contributed by atoms with Gasteiger partial charge in [-0.25, -0.2) is 4.79 Å². The van der Waals surface area contributed by atoms with Crippen molar-refractivity contribution in [2.45, 2.75) is 19.8 Å². The molecule has 7 heteroatoms. The molecule has 0 N–H and O–H groups in total. The molecule has 0 aromatic rings. The Morgan fingerprint density at radius 2 is 2.13 bits per heavy atom. The number of ketones is 1. The minimum absolute atomic E-state index is 0.000129. The first kappa shape index (κ1) is 12.1. The van der Waals surface area contributed by atoms with Crippen molar-refractivity contribution in [2.75, 3.05) is 0 Å². The number of nitrogens with zero attached hydrogens (tertiary/aromatic N) is 1. The molecule has 1 unspecified atom stereocenters. The van der Waals surface area contributed by atoms with Crippen molar-refractivity contribution < 1.29 is 24.0 Å². The average molecular weight is 325 g/mol. The molecule has 1 saturated heterocycles. The number of Topliss-reactive ketones (excluding diaryl/α,β-unsaturated/α-hetero) is 1. The van der Waals surface area contributed by atoms with Crippen LogP contribution in [0, 0.1) is 5.92 Å². The summed E-state index contributed by atoms with van der Waals surface area (Å²) in [5.41, 5.74) is 0. The molecular weight excluding hydrogens is 317 g/mol. The van der Waals surface area contributed by atoms with Crippen molar-refractivity contribution in [1.29, 1.82) is 0 Å². The van der Waals surface area contributed by atoms with Crippen LogP contribution >= 0.6 is 22.6 Å². The number of halogens is 1. The molecule has 0 spiro atoms. The number of hydrogen-bond donors (Lipinski definition) is 0. The fourth-order valence-corrected chi connectivity index (χ4v) is 1.54. The maximum atomic E-state index is 11.5. The molecule has 1 rings (SSSR count). The Bertz CT molecular complexity index is 340. The van der Waals surface area contributed by atoms with Gasteiger partial charge in [0.2, 0.25) is 0 Å². The second kappa shape index (κ2) is 4.69. The largest absolute Gasteiger partial charge is 0.391 e. The van der Waals surface area contributed by atoms with Crippen LogP contribution in [0.1, 0.15) is 19.8 Å². The van der Waals surface area contributed by atoms with Crippen LogP contribution in [0.4, 0.5) is 4.79 Å². The molecule has 82 valence electrons. The second-order valence-corrected chi connectivity index (χ2v) is 4.04. The van der Waals surface area contributed by atoms with Crippen LogP contribution in [0.2, 0.25) is 0 Å². The molecule has 1 aliphatic heterocycles. The lowest BCUT2D eigenvalue weighted by Gasteiger charge is -2.10. The normalized spacial score (nSPS) is 20.7. The van der Waals surface area contributed by atoms with Crippen LogP contribution in [-0.2, 0) is 19.2 Å². The third kappa shape index (κ3) is 2.98. The molecule has 0 aliphatic carbocycles. The Morgan fingerprint density at radius 1 is 1.53 bits per heavy atom. The lowest BCUT2D eigenvalue weighted by Crippen LogP contribution is -2.31. The first-order valence-corrected chi connectivity index (χ1v) is 5.23. The van der Waals surface area contributed by atoms with Crippen LogP contribution < -0.4 is 0 Å². The summed E-state index contributed by atoms with van der Waals surface area (Å²) in [6.45, 7) is 1.34. The molecule has 6 nitrogen and oxygen atoms in total. The van der Waals surface area contributed by atoms with Gasteiger partial charge in [0.1, 0.15) is 5.78 Å². The maximum absolute atomic E-state index is 11.5. The van der Waals surface area contributed by atoms with Crippen LogP contribution in [-0.4, -0.2) is 26.6 Å². The Hall–Kier alpha value is -0.990. The number of hydrogen-bond acceptors (Lipinski definition) is 5. The predicted molar refractivity (Wildman–Crippen MR) is 55.8 cm³/mol. The van der Waals surface area contributed by atoms with E-state index in [2.05, 4.69) is 4.84 Å². The molecule has 1 aliphatic rings. The highest BCUT2D eigenvalue weighted by Crippen LogP contribution is 2.23. The van der Waals surface area contributed by atoms with Gasteiger partial charge in [-0.15, -0.1) is 5.06 Å². The molecule has 0 aromatic heterocycles. The fourth-order valence-electron chi connectivity index (χ4n) is 1.34. The lowest BCUT2D eigenvalue weighted by atomic mass is 10.0. The smallest absolute Gasteiger partial charge is 0.320 e. The Balaban J connectivity index is 2.70. The summed E-state index contributed by atoms with van der Waals surface area (Å²) < 4.78 is -0.766. The molecule has 0 saturated carbocycles. The van der Waals surface area contributed by atoms with Crippen molar-refractivity contribution in [3.8, 4) is 0 Å². The van der Waals surface area contributed by atoms with Crippen LogP contribution in [0.25, 0.3) is 0 Å². The number of amides is 2. The third-order valence-electron chi connectivity index (χ3n) is 1.89. The van der Waals surface area contributed by atoms with Gasteiger partial charge in [-0.2, -0.15) is 0 Å². The zero-order valence-electron chi connectivity index (χ0n) is 7.86. The van der Waals surface area contributed by atoms with E-state index in [0.717, 1.165) is 0 Å². The van der Waals surface area contributed by atoms with Gasteiger partial charge < -0.3 is 9.63 Å². The minimum atomic E-state index is -0.766. The SMILES string of the molecule is CC(=O)CC1CC(=O)N(OC(=O)I)C1=O. The number of rotatable bonds is 3. The molecule has 0 bridgehead atoms. The fraction of sp³-hybridized carbons (Fsp3) is 0.500. The predicted octanol–water partition coefficient (Wildman–Crippen LogP) is 0.827. The van der Waals surface area contributed by atoms with E-state index in [-0.39, 0.29) is 18.6 Å².